The number of ether oxygens (including phenoxy) is 2. The summed E-state index contributed by atoms with van der Waals surface area (Å²) >= 11 is 0. The summed E-state index contributed by atoms with van der Waals surface area (Å²) in [6.45, 7) is 0.981. The predicted octanol–water partition coefficient (Wildman–Crippen LogP) is 2.97. The molecule has 110 valence electrons. The van der Waals surface area contributed by atoms with Gasteiger partial charge >= 0.3 is 0 Å². The molecule has 3 nitrogen and oxygen atoms in total. The van der Waals surface area contributed by atoms with Gasteiger partial charge in [0.2, 0.25) is 0 Å². The van der Waals surface area contributed by atoms with Gasteiger partial charge in [-0.2, -0.15) is 0 Å². The molecule has 2 aromatic rings. The van der Waals surface area contributed by atoms with E-state index >= 15 is 0 Å². The second-order valence-corrected chi connectivity index (χ2v) is 7.54. The Morgan fingerprint density at radius 1 is 1.00 bits per heavy atom. The van der Waals surface area contributed by atoms with Crippen LogP contribution in [-0.2, 0) is 14.0 Å². The van der Waals surface area contributed by atoms with Crippen molar-refractivity contribution in [3.05, 3.63) is 60.2 Å². The summed E-state index contributed by atoms with van der Waals surface area (Å²) < 4.78 is 38.0. The van der Waals surface area contributed by atoms with E-state index in [-0.39, 0.29) is 0 Å². The monoisotopic (exact) mass is 306 g/mol. The fourth-order valence-electron chi connectivity index (χ4n) is 2.50. The van der Waals surface area contributed by atoms with Gasteiger partial charge in [0, 0.05) is 16.2 Å². The molecule has 1 aliphatic heterocycles. The van der Waals surface area contributed by atoms with E-state index in [1.165, 1.54) is 0 Å². The van der Waals surface area contributed by atoms with Crippen LogP contribution in [0.15, 0.2) is 54.6 Å². The third-order valence-corrected chi connectivity index (χ3v) is 6.20. The first-order valence-electron chi connectivity index (χ1n) is 6.79. The number of rotatable bonds is 4. The summed E-state index contributed by atoms with van der Waals surface area (Å²) in [5.41, 5.74) is 0.653. The van der Waals surface area contributed by atoms with Gasteiger partial charge in [-0.25, -0.2) is 4.39 Å². The van der Waals surface area contributed by atoms with E-state index in [4.69, 9.17) is 9.47 Å². The average Bonchev–Trinajstić information content (AvgIpc) is 3.09. The molecule has 0 aromatic heterocycles. The topological polar surface area (TPSA) is 35.5 Å². The van der Waals surface area contributed by atoms with Gasteiger partial charge in [0.25, 0.3) is 0 Å². The predicted molar refractivity (Wildman–Crippen MR) is 80.4 cm³/mol. The van der Waals surface area contributed by atoms with Gasteiger partial charge in [-0.3, -0.25) is 0 Å². The summed E-state index contributed by atoms with van der Waals surface area (Å²) in [5, 5.41) is 0.989. The van der Waals surface area contributed by atoms with Gasteiger partial charge in [0.15, 0.2) is 19.8 Å². The van der Waals surface area contributed by atoms with Gasteiger partial charge in [-0.15, -0.1) is 0 Å². The Labute approximate surface area is 123 Å². The fraction of sp³-hybridized carbons (Fsp3) is 0.250. The molecule has 0 radical (unpaired) electrons. The van der Waals surface area contributed by atoms with Crippen LogP contribution in [0.25, 0.3) is 0 Å². The minimum absolute atomic E-state index is 0.477. The van der Waals surface area contributed by atoms with Crippen molar-refractivity contribution in [3.8, 4) is 0 Å². The first-order chi connectivity index (χ1) is 10.3. The van der Waals surface area contributed by atoms with Crippen LogP contribution >= 0.6 is 7.14 Å². The van der Waals surface area contributed by atoms with Crippen LogP contribution in [-0.4, -0.2) is 19.6 Å². The molecule has 1 saturated heterocycles. The van der Waals surface area contributed by atoms with Gasteiger partial charge in [-0.1, -0.05) is 54.6 Å². The van der Waals surface area contributed by atoms with Crippen LogP contribution in [0.4, 0.5) is 4.39 Å². The number of hydrogen-bond acceptors (Lipinski definition) is 3. The van der Waals surface area contributed by atoms with E-state index in [1.807, 2.05) is 12.1 Å². The van der Waals surface area contributed by atoms with Crippen molar-refractivity contribution in [1.29, 1.82) is 0 Å². The molecule has 1 aliphatic rings. The highest BCUT2D eigenvalue weighted by molar-refractivity contribution is 7.78. The molecular weight excluding hydrogens is 290 g/mol. The zero-order valence-electron chi connectivity index (χ0n) is 11.4. The van der Waals surface area contributed by atoms with E-state index in [1.54, 1.807) is 42.5 Å². The van der Waals surface area contributed by atoms with Crippen molar-refractivity contribution in [2.45, 2.75) is 6.29 Å². The third-order valence-electron chi connectivity index (χ3n) is 3.54. The molecular formula is C16H16FO3P. The van der Waals surface area contributed by atoms with Crippen molar-refractivity contribution in [2.24, 2.45) is 0 Å². The summed E-state index contributed by atoms with van der Waals surface area (Å²) in [6.07, 6.45) is -1.48. The summed E-state index contributed by atoms with van der Waals surface area (Å²) in [4.78, 5) is 0. The standard InChI is InChI=1S/C16H16FO3P/c17-12-21(18,13-6-2-1-3-7-13)15-9-5-4-8-14(15)16-19-10-11-20-16/h1-9,16H,10-12H2/t21-/m0/s1. The molecule has 2 aromatic carbocycles. The van der Waals surface area contributed by atoms with Gasteiger partial charge in [0.1, 0.15) is 0 Å². The molecule has 3 rings (SSSR count). The second-order valence-electron chi connectivity index (χ2n) is 4.83. The summed E-state index contributed by atoms with van der Waals surface area (Å²) in [6, 6.07) is 15.8. The lowest BCUT2D eigenvalue weighted by molar-refractivity contribution is -0.0433. The van der Waals surface area contributed by atoms with Gasteiger partial charge in [0.05, 0.1) is 13.2 Å². The number of halogens is 1. The van der Waals surface area contributed by atoms with E-state index in [9.17, 15) is 8.96 Å². The minimum atomic E-state index is -3.32. The van der Waals surface area contributed by atoms with Crippen molar-refractivity contribution in [3.63, 3.8) is 0 Å². The molecule has 0 saturated carbocycles. The molecule has 0 bridgehead atoms. The fourth-order valence-corrected chi connectivity index (χ4v) is 4.62. The maximum Gasteiger partial charge on any atom is 0.184 e. The summed E-state index contributed by atoms with van der Waals surface area (Å²) in [5.74, 6) is 0. The second kappa shape index (κ2) is 6.10. The van der Waals surface area contributed by atoms with E-state index < -0.39 is 19.8 Å². The van der Waals surface area contributed by atoms with Gasteiger partial charge < -0.3 is 14.0 Å². The van der Waals surface area contributed by atoms with Crippen LogP contribution in [0, 0.1) is 0 Å². The van der Waals surface area contributed by atoms with E-state index in [2.05, 4.69) is 0 Å². The molecule has 5 heteroatoms. The zero-order valence-corrected chi connectivity index (χ0v) is 12.3. The highest BCUT2D eigenvalue weighted by Crippen LogP contribution is 2.45. The maximum atomic E-state index is 13.7. The molecule has 0 aliphatic carbocycles. The summed E-state index contributed by atoms with van der Waals surface area (Å²) in [7, 11) is -3.32. The van der Waals surface area contributed by atoms with Crippen LogP contribution < -0.4 is 10.6 Å². The molecule has 21 heavy (non-hydrogen) atoms. The third kappa shape index (κ3) is 2.67. The highest BCUT2D eigenvalue weighted by Gasteiger charge is 2.33. The number of alkyl halides is 1. The first-order valence-corrected chi connectivity index (χ1v) is 8.68. The van der Waals surface area contributed by atoms with Crippen LogP contribution in [0.2, 0.25) is 0 Å². The normalized spacial score (nSPS) is 18.5. The van der Waals surface area contributed by atoms with Crippen LogP contribution in [0.5, 0.6) is 0 Å². The Morgan fingerprint density at radius 2 is 1.62 bits per heavy atom. The Bertz CT molecular complexity index is 654. The van der Waals surface area contributed by atoms with Crippen molar-refractivity contribution >= 4 is 17.8 Å². The Kier molecular flexibility index (Phi) is 4.20. The van der Waals surface area contributed by atoms with E-state index in [0.717, 1.165) is 0 Å². The lowest BCUT2D eigenvalue weighted by Crippen LogP contribution is -2.22. The largest absolute Gasteiger partial charge is 0.346 e. The Hall–Kier alpha value is -1.48. The van der Waals surface area contributed by atoms with Crippen molar-refractivity contribution < 1.29 is 18.4 Å². The van der Waals surface area contributed by atoms with E-state index in [0.29, 0.717) is 29.4 Å². The lowest BCUT2D eigenvalue weighted by atomic mass is 10.2. The molecule has 0 spiro atoms. The molecule has 1 heterocycles. The molecule has 1 atom stereocenters. The van der Waals surface area contributed by atoms with Crippen molar-refractivity contribution in [2.75, 3.05) is 19.6 Å². The lowest BCUT2D eigenvalue weighted by Gasteiger charge is -2.21. The van der Waals surface area contributed by atoms with Crippen molar-refractivity contribution in [1.82, 2.24) is 0 Å². The smallest absolute Gasteiger partial charge is 0.184 e. The quantitative estimate of drug-likeness (QED) is 0.815. The minimum Gasteiger partial charge on any atom is -0.346 e. The Morgan fingerprint density at radius 3 is 2.29 bits per heavy atom. The molecule has 0 unspecified atom stereocenters. The zero-order chi connectivity index (χ0) is 14.7. The molecule has 0 N–H and O–H groups in total. The average molecular weight is 306 g/mol. The Balaban J connectivity index is 2.11. The first kappa shape index (κ1) is 14.5. The number of benzene rings is 2. The van der Waals surface area contributed by atoms with Crippen LogP contribution in [0.1, 0.15) is 11.9 Å². The SMILES string of the molecule is O=[P@@](CF)(c1ccccc1)c1ccccc1C1OCCO1. The number of hydrogen-bond donors (Lipinski definition) is 0. The van der Waals surface area contributed by atoms with Crippen LogP contribution in [0.3, 0.4) is 0 Å². The van der Waals surface area contributed by atoms with Gasteiger partial charge in [-0.05, 0) is 0 Å². The molecule has 0 amide bonds. The molecule has 1 fully saturated rings. The highest BCUT2D eigenvalue weighted by atomic mass is 31.2. The maximum absolute atomic E-state index is 13.7.